The second-order valence-electron chi connectivity index (χ2n) is 6.42. The average Bonchev–Trinajstić information content (AvgIpc) is 3.31. The maximum absolute atomic E-state index is 12.2. The van der Waals surface area contributed by atoms with E-state index in [1.807, 2.05) is 6.07 Å². The molecule has 2 amide bonds. The number of nitrogens with zero attached hydrogens (tertiary/aromatic N) is 3. The normalized spacial score (nSPS) is 16.9. The van der Waals surface area contributed by atoms with Crippen LogP contribution in [-0.2, 0) is 11.2 Å². The molecule has 7 heteroatoms. The summed E-state index contributed by atoms with van der Waals surface area (Å²) in [6.07, 6.45) is 10.2. The summed E-state index contributed by atoms with van der Waals surface area (Å²) in [5.74, 6) is 1.12. The Morgan fingerprint density at radius 3 is 3.04 bits per heavy atom. The van der Waals surface area contributed by atoms with Crippen molar-refractivity contribution in [2.75, 3.05) is 11.9 Å². The zero-order valence-corrected chi connectivity index (χ0v) is 13.3. The summed E-state index contributed by atoms with van der Waals surface area (Å²) in [6.45, 7) is 0.705. The van der Waals surface area contributed by atoms with Gasteiger partial charge >= 0.3 is 6.03 Å². The van der Waals surface area contributed by atoms with E-state index >= 15 is 0 Å². The lowest BCUT2D eigenvalue weighted by molar-refractivity contribution is -0.115. The Hall–Kier alpha value is -2.70. The molecule has 0 bridgehead atoms. The summed E-state index contributed by atoms with van der Waals surface area (Å²) in [4.78, 5) is 28.0. The van der Waals surface area contributed by atoms with Gasteiger partial charge in [-0.25, -0.2) is 9.78 Å². The molecule has 0 unspecified atom stereocenters. The van der Waals surface area contributed by atoms with Gasteiger partial charge in [-0.15, -0.1) is 0 Å². The molecule has 0 aromatic carbocycles. The topological polar surface area (TPSA) is 88.9 Å². The van der Waals surface area contributed by atoms with Crippen molar-refractivity contribution in [1.29, 1.82) is 0 Å². The van der Waals surface area contributed by atoms with Gasteiger partial charge in [0.25, 0.3) is 0 Å². The molecule has 4 rings (SSSR count). The monoisotopic (exact) mass is 325 g/mol. The number of fused-ring (bicyclic) bond motifs is 1. The SMILES string of the molecule is O=C1Cc2c(-c3cnn(C(=O)NCC4CCCC4)c3)ccnc2N1. The molecule has 2 aromatic heterocycles. The third-order valence-electron chi connectivity index (χ3n) is 4.77. The van der Waals surface area contributed by atoms with Crippen molar-refractivity contribution in [2.24, 2.45) is 5.92 Å². The molecule has 1 aliphatic carbocycles. The van der Waals surface area contributed by atoms with Crippen LogP contribution < -0.4 is 10.6 Å². The highest BCUT2D eigenvalue weighted by Crippen LogP contribution is 2.31. The second-order valence-corrected chi connectivity index (χ2v) is 6.42. The van der Waals surface area contributed by atoms with Crippen LogP contribution in [0.25, 0.3) is 11.1 Å². The minimum absolute atomic E-state index is 0.0633. The highest BCUT2D eigenvalue weighted by atomic mass is 16.2. The van der Waals surface area contributed by atoms with Crippen LogP contribution >= 0.6 is 0 Å². The maximum atomic E-state index is 12.2. The van der Waals surface area contributed by atoms with E-state index in [0.29, 0.717) is 24.7 Å². The first-order chi connectivity index (χ1) is 11.7. The Morgan fingerprint density at radius 1 is 1.38 bits per heavy atom. The lowest BCUT2D eigenvalue weighted by atomic mass is 10.0. The fraction of sp³-hybridized carbons (Fsp3) is 0.412. The van der Waals surface area contributed by atoms with Gasteiger partial charge in [-0.1, -0.05) is 12.8 Å². The zero-order valence-electron chi connectivity index (χ0n) is 13.3. The van der Waals surface area contributed by atoms with Gasteiger partial charge in [-0.3, -0.25) is 4.79 Å². The van der Waals surface area contributed by atoms with Gasteiger partial charge in [-0.05, 0) is 30.4 Å². The zero-order chi connectivity index (χ0) is 16.5. The van der Waals surface area contributed by atoms with Gasteiger partial charge in [0.2, 0.25) is 5.91 Å². The number of pyridine rings is 1. The Kier molecular flexibility index (Phi) is 3.76. The Labute approximate surface area is 139 Å². The molecule has 2 aliphatic rings. The molecule has 24 heavy (non-hydrogen) atoms. The third-order valence-corrected chi connectivity index (χ3v) is 4.77. The van der Waals surface area contributed by atoms with Crippen molar-refractivity contribution >= 4 is 17.8 Å². The van der Waals surface area contributed by atoms with Crippen LogP contribution in [0.5, 0.6) is 0 Å². The minimum Gasteiger partial charge on any atom is -0.336 e. The van der Waals surface area contributed by atoms with Crippen molar-refractivity contribution in [2.45, 2.75) is 32.1 Å². The van der Waals surface area contributed by atoms with Gasteiger partial charge in [0.1, 0.15) is 5.82 Å². The summed E-state index contributed by atoms with van der Waals surface area (Å²) < 4.78 is 1.32. The number of carbonyl (C=O) groups excluding carboxylic acids is 2. The first kappa shape index (κ1) is 14.9. The summed E-state index contributed by atoms with van der Waals surface area (Å²) in [6, 6.07) is 1.63. The average molecular weight is 325 g/mol. The van der Waals surface area contributed by atoms with E-state index in [0.717, 1.165) is 16.7 Å². The molecule has 2 aromatic rings. The van der Waals surface area contributed by atoms with Crippen molar-refractivity contribution in [1.82, 2.24) is 20.1 Å². The molecule has 0 spiro atoms. The Bertz CT molecular complexity index is 792. The van der Waals surface area contributed by atoms with Crippen LogP contribution in [0.1, 0.15) is 31.2 Å². The number of carbonyl (C=O) groups is 2. The van der Waals surface area contributed by atoms with E-state index < -0.39 is 0 Å². The van der Waals surface area contributed by atoms with Gasteiger partial charge in [-0.2, -0.15) is 9.78 Å². The highest BCUT2D eigenvalue weighted by Gasteiger charge is 2.23. The van der Waals surface area contributed by atoms with Crippen LogP contribution in [0.3, 0.4) is 0 Å². The van der Waals surface area contributed by atoms with Crippen LogP contribution in [0, 0.1) is 5.92 Å². The van der Waals surface area contributed by atoms with Crippen LogP contribution in [0.4, 0.5) is 10.6 Å². The number of amides is 2. The fourth-order valence-corrected chi connectivity index (χ4v) is 3.49. The summed E-state index contributed by atoms with van der Waals surface area (Å²) >= 11 is 0. The molecular formula is C17H19N5O2. The predicted octanol–water partition coefficient (Wildman–Crippen LogP) is 2.19. The fourth-order valence-electron chi connectivity index (χ4n) is 3.49. The standard InChI is InChI=1S/C17H19N5O2/c23-15-7-14-13(5-6-18-16(14)21-15)12-9-20-22(10-12)17(24)19-8-11-3-1-2-4-11/h5-6,9-11H,1-4,7-8H2,(H,19,24)(H,18,21,23). The van der Waals surface area contributed by atoms with E-state index in [9.17, 15) is 9.59 Å². The van der Waals surface area contributed by atoms with Gasteiger partial charge in [0, 0.05) is 30.1 Å². The van der Waals surface area contributed by atoms with Crippen molar-refractivity contribution in [3.8, 4) is 11.1 Å². The van der Waals surface area contributed by atoms with E-state index in [4.69, 9.17) is 0 Å². The van der Waals surface area contributed by atoms with E-state index in [-0.39, 0.29) is 11.9 Å². The van der Waals surface area contributed by atoms with E-state index in [1.165, 1.54) is 30.4 Å². The quantitative estimate of drug-likeness (QED) is 0.905. The van der Waals surface area contributed by atoms with Crippen LogP contribution in [0.15, 0.2) is 24.7 Å². The molecule has 0 saturated heterocycles. The molecule has 0 radical (unpaired) electrons. The van der Waals surface area contributed by atoms with E-state index in [1.54, 1.807) is 18.6 Å². The largest absolute Gasteiger partial charge is 0.342 e. The Balaban J connectivity index is 1.50. The van der Waals surface area contributed by atoms with Gasteiger partial charge < -0.3 is 10.6 Å². The minimum atomic E-state index is -0.215. The maximum Gasteiger partial charge on any atom is 0.342 e. The van der Waals surface area contributed by atoms with Crippen molar-refractivity contribution < 1.29 is 9.59 Å². The molecule has 124 valence electrons. The lowest BCUT2D eigenvalue weighted by Crippen LogP contribution is -2.32. The van der Waals surface area contributed by atoms with Crippen LogP contribution in [0.2, 0.25) is 0 Å². The molecule has 1 aliphatic heterocycles. The molecule has 1 fully saturated rings. The molecule has 7 nitrogen and oxygen atoms in total. The number of rotatable bonds is 3. The molecular weight excluding hydrogens is 306 g/mol. The number of hydrogen-bond acceptors (Lipinski definition) is 4. The van der Waals surface area contributed by atoms with Crippen molar-refractivity contribution in [3.63, 3.8) is 0 Å². The van der Waals surface area contributed by atoms with Gasteiger partial charge in [0.05, 0.1) is 12.6 Å². The number of nitrogens with one attached hydrogen (secondary N) is 2. The number of anilines is 1. The number of aromatic nitrogens is 3. The van der Waals surface area contributed by atoms with Crippen LogP contribution in [-0.4, -0.2) is 33.2 Å². The first-order valence-corrected chi connectivity index (χ1v) is 8.31. The summed E-state index contributed by atoms with van der Waals surface area (Å²) in [5, 5.41) is 9.84. The van der Waals surface area contributed by atoms with Gasteiger partial charge in [0.15, 0.2) is 0 Å². The molecule has 2 N–H and O–H groups in total. The molecule has 0 atom stereocenters. The first-order valence-electron chi connectivity index (χ1n) is 8.31. The second kappa shape index (κ2) is 6.07. The highest BCUT2D eigenvalue weighted by molar-refractivity contribution is 6.00. The summed E-state index contributed by atoms with van der Waals surface area (Å²) in [7, 11) is 0. The van der Waals surface area contributed by atoms with E-state index in [2.05, 4.69) is 20.7 Å². The smallest absolute Gasteiger partial charge is 0.336 e. The van der Waals surface area contributed by atoms with Crippen molar-refractivity contribution in [3.05, 3.63) is 30.2 Å². The Morgan fingerprint density at radius 2 is 2.21 bits per heavy atom. The lowest BCUT2D eigenvalue weighted by Gasteiger charge is -2.10. The predicted molar refractivity (Wildman–Crippen MR) is 88.5 cm³/mol. The molecule has 1 saturated carbocycles. The third kappa shape index (κ3) is 2.77. The summed E-state index contributed by atoms with van der Waals surface area (Å²) in [5.41, 5.74) is 2.54. The number of hydrogen-bond donors (Lipinski definition) is 2. The molecule has 3 heterocycles.